The van der Waals surface area contributed by atoms with E-state index in [4.69, 9.17) is 0 Å². The third kappa shape index (κ3) is 2.51. The van der Waals surface area contributed by atoms with E-state index in [1.165, 1.54) is 12.3 Å². The van der Waals surface area contributed by atoms with Crippen molar-refractivity contribution in [3.8, 4) is 6.07 Å². The normalized spacial score (nSPS) is 18.7. The van der Waals surface area contributed by atoms with Crippen molar-refractivity contribution in [3.63, 3.8) is 0 Å². The molecule has 1 aromatic carbocycles. The number of halogens is 2. The third-order valence-electron chi connectivity index (χ3n) is 4.94. The molecule has 6 heteroatoms. The molecular weight excluding hydrogens is 324 g/mol. The van der Waals surface area contributed by atoms with E-state index in [1.54, 1.807) is 18.2 Å². The number of nitriles is 1. The number of rotatable bonds is 4. The van der Waals surface area contributed by atoms with Crippen LogP contribution in [0.25, 0.3) is 0 Å². The van der Waals surface area contributed by atoms with Crippen LogP contribution in [0.1, 0.15) is 49.8 Å². The van der Waals surface area contributed by atoms with Gasteiger partial charge in [-0.15, -0.1) is 0 Å². The van der Waals surface area contributed by atoms with Crippen LogP contribution in [0.4, 0.5) is 20.2 Å². The summed E-state index contributed by atoms with van der Waals surface area (Å²) >= 11 is 0. The van der Waals surface area contributed by atoms with Gasteiger partial charge < -0.3 is 10.3 Å². The Morgan fingerprint density at radius 3 is 2.68 bits per heavy atom. The Morgan fingerprint density at radius 2 is 2.04 bits per heavy atom. The molecule has 1 unspecified atom stereocenters. The van der Waals surface area contributed by atoms with Crippen LogP contribution in [0.3, 0.4) is 0 Å². The zero-order valence-corrected chi connectivity index (χ0v) is 14.1. The molecule has 2 heterocycles. The largest absolute Gasteiger partial charge is 0.351 e. The van der Waals surface area contributed by atoms with Gasteiger partial charge in [-0.3, -0.25) is 4.79 Å². The molecule has 1 atom stereocenters. The minimum Gasteiger partial charge on any atom is -0.351 e. The Labute approximate surface area is 144 Å². The van der Waals surface area contributed by atoms with E-state index < -0.39 is 16.9 Å². The van der Waals surface area contributed by atoms with Crippen LogP contribution >= 0.6 is 0 Å². The second-order valence-electron chi connectivity index (χ2n) is 6.49. The second-order valence-corrected chi connectivity index (χ2v) is 6.49. The maximum atomic E-state index is 15.1. The highest BCUT2D eigenvalue weighted by Gasteiger charge is 2.56. The zero-order valence-electron chi connectivity index (χ0n) is 14.1. The highest BCUT2D eigenvalue weighted by Crippen LogP contribution is 2.55. The molecule has 3 rings (SSSR count). The van der Waals surface area contributed by atoms with E-state index in [1.807, 2.05) is 13.0 Å². The average Bonchev–Trinajstić information content (AvgIpc) is 2.58. The lowest BCUT2D eigenvalue weighted by atomic mass is 9.64. The molecule has 4 nitrogen and oxygen atoms in total. The molecule has 2 aromatic rings. The number of aromatic amines is 1. The predicted molar refractivity (Wildman–Crippen MR) is 92.4 cm³/mol. The Hall–Kier alpha value is -2.68. The van der Waals surface area contributed by atoms with Crippen LogP contribution in [0, 0.1) is 11.3 Å². The van der Waals surface area contributed by atoms with Crippen molar-refractivity contribution >= 4 is 11.4 Å². The van der Waals surface area contributed by atoms with Crippen molar-refractivity contribution in [3.05, 3.63) is 57.5 Å². The quantitative estimate of drug-likeness (QED) is 0.862. The zero-order chi connectivity index (χ0) is 18.2. The van der Waals surface area contributed by atoms with Crippen molar-refractivity contribution in [2.24, 2.45) is 0 Å². The van der Waals surface area contributed by atoms with Gasteiger partial charge in [-0.05, 0) is 41.8 Å². The van der Waals surface area contributed by atoms with E-state index in [0.29, 0.717) is 23.2 Å². The van der Waals surface area contributed by atoms with Crippen LogP contribution in [0.5, 0.6) is 0 Å². The van der Waals surface area contributed by atoms with Crippen molar-refractivity contribution in [2.45, 2.75) is 44.4 Å². The molecule has 1 aromatic heterocycles. The number of H-pyrrole nitrogens is 1. The lowest BCUT2D eigenvalue weighted by Crippen LogP contribution is -2.48. The maximum Gasteiger partial charge on any atom is 0.271 e. The summed E-state index contributed by atoms with van der Waals surface area (Å²) in [5.41, 5.74) is -0.528. The summed E-state index contributed by atoms with van der Waals surface area (Å²) in [6.45, 7) is 2.83. The molecule has 0 fully saturated rings. The summed E-state index contributed by atoms with van der Waals surface area (Å²) in [7, 11) is 0. The standard InChI is InChI=1S/C19H19F2N3O/c1-3-4-8-19(18(2,20)21)13-7-9-23-17(25)16(13)24-15-6-5-12(11-22)10-14(15)19/h5-7,9-10,24H,3-4,8H2,1-2H3,(H,23,25). The van der Waals surface area contributed by atoms with Gasteiger partial charge in [-0.2, -0.15) is 5.26 Å². The topological polar surface area (TPSA) is 68.7 Å². The first-order valence-corrected chi connectivity index (χ1v) is 8.27. The van der Waals surface area contributed by atoms with Gasteiger partial charge in [0, 0.05) is 18.8 Å². The van der Waals surface area contributed by atoms with Gasteiger partial charge in [-0.25, -0.2) is 8.78 Å². The average molecular weight is 343 g/mol. The molecule has 25 heavy (non-hydrogen) atoms. The molecule has 0 saturated heterocycles. The molecular formula is C19H19F2N3O. The number of benzene rings is 1. The minimum absolute atomic E-state index is 0.150. The van der Waals surface area contributed by atoms with Crippen LogP contribution in [0.15, 0.2) is 35.3 Å². The number of anilines is 2. The van der Waals surface area contributed by atoms with E-state index >= 15 is 8.78 Å². The van der Waals surface area contributed by atoms with Gasteiger partial charge in [0.15, 0.2) is 0 Å². The minimum atomic E-state index is -3.12. The molecule has 1 aliphatic rings. The van der Waals surface area contributed by atoms with E-state index in [9.17, 15) is 10.1 Å². The fourth-order valence-corrected chi connectivity index (χ4v) is 3.72. The highest BCUT2D eigenvalue weighted by molar-refractivity contribution is 5.76. The van der Waals surface area contributed by atoms with Crippen molar-refractivity contribution in [1.82, 2.24) is 4.98 Å². The van der Waals surface area contributed by atoms with Gasteiger partial charge in [0.25, 0.3) is 11.5 Å². The SMILES string of the molecule is CCCCC1(C(C)(F)F)c2cc(C#N)ccc2Nc2c1cc[nH]c2=O. The Balaban J connectivity index is 2.41. The monoisotopic (exact) mass is 343 g/mol. The Bertz CT molecular complexity index is 908. The summed E-state index contributed by atoms with van der Waals surface area (Å²) < 4.78 is 30.2. The number of hydrogen-bond acceptors (Lipinski definition) is 3. The van der Waals surface area contributed by atoms with Gasteiger partial charge in [0.2, 0.25) is 0 Å². The van der Waals surface area contributed by atoms with Crippen LogP contribution in [-0.4, -0.2) is 10.9 Å². The lowest BCUT2D eigenvalue weighted by Gasteiger charge is -2.44. The van der Waals surface area contributed by atoms with Crippen molar-refractivity contribution < 1.29 is 8.78 Å². The summed E-state index contributed by atoms with van der Waals surface area (Å²) in [5.74, 6) is -3.12. The molecule has 0 spiro atoms. The first kappa shape index (κ1) is 17.2. The second kappa shape index (κ2) is 5.99. The van der Waals surface area contributed by atoms with Crippen LogP contribution < -0.4 is 10.9 Å². The van der Waals surface area contributed by atoms with Crippen LogP contribution in [-0.2, 0) is 5.41 Å². The Morgan fingerprint density at radius 1 is 1.28 bits per heavy atom. The molecule has 130 valence electrons. The lowest BCUT2D eigenvalue weighted by molar-refractivity contribution is -0.0488. The van der Waals surface area contributed by atoms with Crippen molar-refractivity contribution in [2.75, 3.05) is 5.32 Å². The molecule has 0 amide bonds. The van der Waals surface area contributed by atoms with Gasteiger partial charge >= 0.3 is 0 Å². The number of unbranched alkanes of at least 4 members (excludes halogenated alkanes) is 1. The maximum absolute atomic E-state index is 15.1. The summed E-state index contributed by atoms with van der Waals surface area (Å²) in [4.78, 5) is 14.8. The molecule has 0 bridgehead atoms. The fourth-order valence-electron chi connectivity index (χ4n) is 3.72. The van der Waals surface area contributed by atoms with Crippen molar-refractivity contribution in [1.29, 1.82) is 5.26 Å². The summed E-state index contributed by atoms with van der Waals surface area (Å²) in [6.07, 6.45) is 2.91. The number of aromatic nitrogens is 1. The molecule has 0 aliphatic carbocycles. The summed E-state index contributed by atoms with van der Waals surface area (Å²) in [6, 6.07) is 8.23. The highest BCUT2D eigenvalue weighted by atomic mass is 19.3. The van der Waals surface area contributed by atoms with Gasteiger partial charge in [0.05, 0.1) is 17.0 Å². The number of nitrogens with one attached hydrogen (secondary N) is 2. The number of hydrogen-bond donors (Lipinski definition) is 2. The first-order chi connectivity index (χ1) is 11.8. The molecule has 0 saturated carbocycles. The number of pyridine rings is 1. The number of nitrogens with zero attached hydrogens (tertiary/aromatic N) is 1. The predicted octanol–water partition coefficient (Wildman–Crippen LogP) is 4.44. The summed E-state index contributed by atoms with van der Waals surface area (Å²) in [5, 5.41) is 12.2. The Kier molecular flexibility index (Phi) is 4.11. The van der Waals surface area contributed by atoms with Gasteiger partial charge in [0.1, 0.15) is 5.69 Å². The fraction of sp³-hybridized carbons (Fsp3) is 0.368. The number of alkyl halides is 2. The van der Waals surface area contributed by atoms with Crippen LogP contribution in [0.2, 0.25) is 0 Å². The smallest absolute Gasteiger partial charge is 0.271 e. The van der Waals surface area contributed by atoms with E-state index in [2.05, 4.69) is 10.3 Å². The third-order valence-corrected chi connectivity index (χ3v) is 4.94. The van der Waals surface area contributed by atoms with Gasteiger partial charge in [-0.1, -0.05) is 19.8 Å². The van der Waals surface area contributed by atoms with E-state index in [0.717, 1.165) is 13.3 Å². The first-order valence-electron chi connectivity index (χ1n) is 8.27. The number of fused-ring (bicyclic) bond motifs is 2. The molecule has 2 N–H and O–H groups in total. The van der Waals surface area contributed by atoms with E-state index in [-0.39, 0.29) is 17.7 Å². The molecule has 0 radical (unpaired) electrons. The molecule has 1 aliphatic heterocycles.